The van der Waals surface area contributed by atoms with Crippen molar-refractivity contribution >= 4 is 7.98 Å². The van der Waals surface area contributed by atoms with Crippen LogP contribution in [-0.4, -0.2) is 29.8 Å². The van der Waals surface area contributed by atoms with Crippen molar-refractivity contribution in [2.24, 2.45) is 0 Å². The highest BCUT2D eigenvalue weighted by molar-refractivity contribution is 6.04. The Morgan fingerprint density at radius 3 is 2.71 bits per heavy atom. The van der Waals surface area contributed by atoms with Gasteiger partial charge in [0, 0.05) is 12.1 Å². The normalized spacial score (nSPS) is 12.7. The molecule has 0 radical (unpaired) electrons. The molecule has 5 heteroatoms. The average Bonchev–Trinajstić information content (AvgIpc) is 2.19. The number of hydrogen-bond acceptors (Lipinski definition) is 4. The molecule has 1 atom stereocenters. The molecule has 0 aliphatic heterocycles. The summed E-state index contributed by atoms with van der Waals surface area (Å²) in [7, 11) is 1.75. The van der Waals surface area contributed by atoms with E-state index in [1.54, 1.807) is 20.1 Å². The Hall–Kier alpha value is -1.04. The van der Waals surface area contributed by atoms with E-state index in [0.717, 1.165) is 0 Å². The van der Waals surface area contributed by atoms with Crippen molar-refractivity contribution < 1.29 is 15.3 Å². The van der Waals surface area contributed by atoms with Crippen LogP contribution < -0.4 is 5.23 Å². The van der Waals surface area contributed by atoms with Crippen LogP contribution in [0.4, 0.5) is 0 Å². The first-order chi connectivity index (χ1) is 6.69. The number of benzene rings is 1. The molecule has 1 rings (SSSR count). The van der Waals surface area contributed by atoms with Gasteiger partial charge in [0.2, 0.25) is 0 Å². The fourth-order valence-corrected chi connectivity index (χ4v) is 1.25. The van der Waals surface area contributed by atoms with Gasteiger partial charge >= 0.3 is 0 Å². The molecule has 14 heavy (non-hydrogen) atoms. The SMILES string of the molecule is BNC[C@H](O)c1ccc(O)c(CO)c1. The van der Waals surface area contributed by atoms with Crippen LogP contribution in [0, 0.1) is 0 Å². The van der Waals surface area contributed by atoms with E-state index >= 15 is 0 Å². The molecule has 0 aromatic heterocycles. The number of rotatable bonds is 4. The Bertz CT molecular complexity index is 306. The Morgan fingerprint density at radius 2 is 2.14 bits per heavy atom. The van der Waals surface area contributed by atoms with Gasteiger partial charge in [0.15, 0.2) is 7.98 Å². The van der Waals surface area contributed by atoms with Crippen LogP contribution in [0.2, 0.25) is 0 Å². The van der Waals surface area contributed by atoms with Gasteiger partial charge in [-0.3, -0.25) is 0 Å². The fourth-order valence-electron chi connectivity index (χ4n) is 1.25. The number of aromatic hydroxyl groups is 1. The summed E-state index contributed by atoms with van der Waals surface area (Å²) < 4.78 is 0. The largest absolute Gasteiger partial charge is 0.508 e. The summed E-state index contributed by atoms with van der Waals surface area (Å²) in [6.45, 7) is 0.210. The van der Waals surface area contributed by atoms with E-state index in [1.807, 2.05) is 0 Å². The minimum absolute atomic E-state index is 0.0490. The molecular weight excluding hydrogens is 181 g/mol. The monoisotopic (exact) mass is 195 g/mol. The molecular formula is C9H14BNO3. The smallest absolute Gasteiger partial charge is 0.182 e. The van der Waals surface area contributed by atoms with Crippen LogP contribution in [0.5, 0.6) is 5.75 Å². The molecule has 0 aliphatic rings. The number of aliphatic hydroxyl groups is 2. The molecule has 0 bridgehead atoms. The Kier molecular flexibility index (Phi) is 3.94. The summed E-state index contributed by atoms with van der Waals surface area (Å²) in [4.78, 5) is 0. The summed E-state index contributed by atoms with van der Waals surface area (Å²) in [6, 6.07) is 4.70. The van der Waals surface area contributed by atoms with Crippen molar-refractivity contribution in [3.63, 3.8) is 0 Å². The van der Waals surface area contributed by atoms with Gasteiger partial charge in [0.25, 0.3) is 0 Å². The van der Waals surface area contributed by atoms with Gasteiger partial charge in [-0.25, -0.2) is 0 Å². The molecule has 0 aliphatic carbocycles. The molecule has 0 saturated carbocycles. The second-order valence-electron chi connectivity index (χ2n) is 3.12. The molecule has 0 spiro atoms. The molecule has 0 fully saturated rings. The average molecular weight is 195 g/mol. The van der Waals surface area contributed by atoms with Crippen molar-refractivity contribution in [1.29, 1.82) is 0 Å². The first-order valence-electron chi connectivity index (χ1n) is 4.44. The quantitative estimate of drug-likeness (QED) is 0.467. The summed E-state index contributed by atoms with van der Waals surface area (Å²) >= 11 is 0. The first-order valence-corrected chi connectivity index (χ1v) is 4.44. The lowest BCUT2D eigenvalue weighted by Crippen LogP contribution is -2.18. The van der Waals surface area contributed by atoms with Gasteiger partial charge in [-0.05, 0) is 17.7 Å². The summed E-state index contributed by atoms with van der Waals surface area (Å²) in [5.41, 5.74) is 1.11. The zero-order valence-corrected chi connectivity index (χ0v) is 8.07. The van der Waals surface area contributed by atoms with Crippen molar-refractivity contribution in [1.82, 2.24) is 5.23 Å². The van der Waals surface area contributed by atoms with Gasteiger partial charge in [-0.1, -0.05) is 6.07 Å². The molecule has 4 nitrogen and oxygen atoms in total. The highest BCUT2D eigenvalue weighted by atomic mass is 16.3. The number of hydrogen-bond donors (Lipinski definition) is 4. The van der Waals surface area contributed by atoms with Gasteiger partial charge in [0.1, 0.15) is 5.75 Å². The van der Waals surface area contributed by atoms with E-state index < -0.39 is 6.10 Å². The molecule has 0 unspecified atom stereocenters. The highest BCUT2D eigenvalue weighted by Gasteiger charge is 2.08. The zero-order chi connectivity index (χ0) is 10.6. The van der Waals surface area contributed by atoms with Crippen molar-refractivity contribution in [3.8, 4) is 5.75 Å². The van der Waals surface area contributed by atoms with E-state index in [4.69, 9.17) is 5.11 Å². The predicted octanol–water partition coefficient (Wildman–Crippen LogP) is -0.944. The third-order valence-corrected chi connectivity index (χ3v) is 2.06. The van der Waals surface area contributed by atoms with Crippen LogP contribution in [0.3, 0.4) is 0 Å². The van der Waals surface area contributed by atoms with E-state index in [1.165, 1.54) is 6.07 Å². The third-order valence-electron chi connectivity index (χ3n) is 2.06. The maximum absolute atomic E-state index is 9.61. The van der Waals surface area contributed by atoms with E-state index in [2.05, 4.69) is 5.23 Å². The molecule has 0 amide bonds. The molecule has 76 valence electrons. The van der Waals surface area contributed by atoms with E-state index in [0.29, 0.717) is 17.7 Å². The van der Waals surface area contributed by atoms with Crippen LogP contribution in [0.1, 0.15) is 17.2 Å². The molecule has 0 heterocycles. The van der Waals surface area contributed by atoms with Gasteiger partial charge in [0.05, 0.1) is 12.7 Å². The number of nitrogens with one attached hydrogen (secondary N) is 1. The lowest BCUT2D eigenvalue weighted by molar-refractivity contribution is 0.182. The maximum Gasteiger partial charge on any atom is 0.182 e. The molecule has 1 aromatic rings. The van der Waals surface area contributed by atoms with E-state index in [-0.39, 0.29) is 12.4 Å². The van der Waals surface area contributed by atoms with Crippen LogP contribution in [-0.2, 0) is 6.61 Å². The minimum atomic E-state index is -0.620. The van der Waals surface area contributed by atoms with Gasteiger partial charge in [-0.15, -0.1) is 0 Å². The summed E-state index contributed by atoms with van der Waals surface area (Å²) in [5, 5.41) is 30.6. The third kappa shape index (κ3) is 2.48. The Labute approximate surface area is 83.6 Å². The molecule has 4 N–H and O–H groups in total. The predicted molar refractivity (Wildman–Crippen MR) is 55.5 cm³/mol. The van der Waals surface area contributed by atoms with E-state index in [9.17, 15) is 10.2 Å². The molecule has 0 saturated heterocycles. The minimum Gasteiger partial charge on any atom is -0.508 e. The lowest BCUT2D eigenvalue weighted by Gasteiger charge is -2.12. The standard InChI is InChI=1S/C9H14BNO3/c10-11-4-9(14)6-1-2-8(13)7(3-6)5-12/h1-3,9,11-14H,4-5,10H2/t9-/m0/s1. The zero-order valence-electron chi connectivity index (χ0n) is 8.07. The van der Waals surface area contributed by atoms with Crippen LogP contribution in [0.15, 0.2) is 18.2 Å². The maximum atomic E-state index is 9.61. The lowest BCUT2D eigenvalue weighted by atomic mass is 10.0. The highest BCUT2D eigenvalue weighted by Crippen LogP contribution is 2.21. The Balaban J connectivity index is 2.88. The fraction of sp³-hybridized carbons (Fsp3) is 0.333. The summed E-state index contributed by atoms with van der Waals surface area (Å²) in [5.74, 6) is 0.0490. The van der Waals surface area contributed by atoms with Crippen molar-refractivity contribution in [2.75, 3.05) is 6.54 Å². The number of aliphatic hydroxyl groups excluding tert-OH is 2. The van der Waals surface area contributed by atoms with Gasteiger partial charge in [-0.2, -0.15) is 0 Å². The second kappa shape index (κ2) is 5.00. The van der Waals surface area contributed by atoms with Crippen molar-refractivity contribution in [2.45, 2.75) is 12.7 Å². The second-order valence-corrected chi connectivity index (χ2v) is 3.12. The summed E-state index contributed by atoms with van der Waals surface area (Å²) in [6.07, 6.45) is -0.620. The van der Waals surface area contributed by atoms with Crippen molar-refractivity contribution in [3.05, 3.63) is 29.3 Å². The van der Waals surface area contributed by atoms with Crippen LogP contribution in [0.25, 0.3) is 0 Å². The van der Waals surface area contributed by atoms with Crippen LogP contribution >= 0.6 is 0 Å². The topological polar surface area (TPSA) is 72.7 Å². The first kappa shape index (κ1) is 11.0. The van der Waals surface area contributed by atoms with Gasteiger partial charge < -0.3 is 20.5 Å². The molecule has 1 aromatic carbocycles. The number of phenols is 1. The Morgan fingerprint density at radius 1 is 1.43 bits per heavy atom.